The van der Waals surface area contributed by atoms with E-state index in [9.17, 15) is 24.3 Å². The number of aromatic nitrogens is 3. The van der Waals surface area contributed by atoms with E-state index in [-0.39, 0.29) is 25.5 Å². The third-order valence-corrected chi connectivity index (χ3v) is 8.98. The quantitative estimate of drug-likeness (QED) is 0.274. The number of ether oxygens (including phenoxy) is 4. The van der Waals surface area contributed by atoms with Crippen LogP contribution in [0, 0.1) is 0 Å². The molecule has 2 aliphatic heterocycles. The van der Waals surface area contributed by atoms with Crippen LogP contribution < -0.4 is 11.2 Å². The van der Waals surface area contributed by atoms with Gasteiger partial charge in [-0.3, -0.25) is 14.7 Å². The fourth-order valence-electron chi connectivity index (χ4n) is 6.91. The second-order valence-corrected chi connectivity index (χ2v) is 12.5. The summed E-state index contributed by atoms with van der Waals surface area (Å²) in [6.07, 6.45) is -3.68. The van der Waals surface area contributed by atoms with E-state index < -0.39 is 59.7 Å². The molecule has 4 aromatic rings. The maximum atomic E-state index is 14.1. The molecule has 3 aliphatic rings. The maximum Gasteiger partial charge on any atom is 0.410 e. The minimum absolute atomic E-state index is 0.00556. The number of benzene rings is 3. The van der Waals surface area contributed by atoms with Crippen molar-refractivity contribution in [2.75, 3.05) is 13.2 Å². The number of hydrogen-bond acceptors (Lipinski definition) is 9. The Balaban J connectivity index is 1.20. The lowest BCUT2D eigenvalue weighted by atomic mass is 9.98. The summed E-state index contributed by atoms with van der Waals surface area (Å²) in [7, 11) is 0. The van der Waals surface area contributed by atoms with Crippen molar-refractivity contribution < 1.29 is 33.6 Å². The van der Waals surface area contributed by atoms with Crippen molar-refractivity contribution in [3.05, 3.63) is 123 Å². The van der Waals surface area contributed by atoms with Crippen LogP contribution in [0.3, 0.4) is 0 Å². The van der Waals surface area contributed by atoms with E-state index in [0.29, 0.717) is 5.56 Å². The van der Waals surface area contributed by atoms with Crippen LogP contribution in [0.4, 0.5) is 4.79 Å². The molecular formula is C35H34N4O9. The number of carbonyl (C=O) groups is 2. The first-order valence-corrected chi connectivity index (χ1v) is 15.7. The number of aromatic amines is 1. The van der Waals surface area contributed by atoms with Crippen LogP contribution in [-0.4, -0.2) is 80.1 Å². The van der Waals surface area contributed by atoms with Gasteiger partial charge in [-0.05, 0) is 41.7 Å². The third kappa shape index (κ3) is 5.91. The van der Waals surface area contributed by atoms with Gasteiger partial charge in [-0.15, -0.1) is 0 Å². The van der Waals surface area contributed by atoms with Crippen LogP contribution in [-0.2, 0) is 30.2 Å². The average molecular weight is 655 g/mol. The van der Waals surface area contributed by atoms with Crippen molar-refractivity contribution in [2.24, 2.45) is 0 Å². The highest BCUT2D eigenvalue weighted by Gasteiger charge is 2.57. The van der Waals surface area contributed by atoms with Gasteiger partial charge in [-0.2, -0.15) is 9.78 Å². The summed E-state index contributed by atoms with van der Waals surface area (Å²) in [5.74, 6) is -2.57. The van der Waals surface area contributed by atoms with Gasteiger partial charge in [0.1, 0.15) is 37.2 Å². The van der Waals surface area contributed by atoms with Gasteiger partial charge in [0.25, 0.3) is 5.56 Å². The number of amides is 1. The molecule has 5 atom stereocenters. The molecular weight excluding hydrogens is 620 g/mol. The lowest BCUT2D eigenvalue weighted by molar-refractivity contribution is -0.200. The van der Waals surface area contributed by atoms with Crippen LogP contribution in [0.25, 0.3) is 11.1 Å². The summed E-state index contributed by atoms with van der Waals surface area (Å²) >= 11 is 0. The Hall–Kier alpha value is -5.11. The second kappa shape index (κ2) is 12.5. The van der Waals surface area contributed by atoms with E-state index in [1.165, 1.54) is 0 Å². The molecule has 3 aromatic carbocycles. The first-order valence-electron chi connectivity index (χ1n) is 15.7. The van der Waals surface area contributed by atoms with E-state index in [0.717, 1.165) is 38.0 Å². The fourth-order valence-corrected chi connectivity index (χ4v) is 6.91. The zero-order chi connectivity index (χ0) is 33.6. The number of nitrogens with one attached hydrogen (secondary N) is 1. The van der Waals surface area contributed by atoms with Crippen molar-refractivity contribution in [1.29, 1.82) is 0 Å². The highest BCUT2D eigenvalue weighted by molar-refractivity contribution is 5.81. The van der Waals surface area contributed by atoms with Gasteiger partial charge >= 0.3 is 17.8 Å². The minimum Gasteiger partial charge on any atom is -0.480 e. The standard InChI is InChI=1S/C35H34N4O9/c1-35(2)47-29-27(46-31(30(29)48-35)39-33(43)37-28(40)17-36-39)18-38(26(32(41)42)16-20-10-4-3-5-11-20)34(44)45-19-25-23-14-8-6-12-21(23)22-13-7-9-15-24(22)25/h3-15,17,25-27,29-31H,16,18-19H2,1-2H3,(H,41,42)(H,37,40,43)/t26-,27+,29+,30+,31+/m0/s1. The van der Waals surface area contributed by atoms with Crippen LogP contribution in [0.1, 0.15) is 42.7 Å². The van der Waals surface area contributed by atoms with Crippen molar-refractivity contribution in [2.45, 2.75) is 62.6 Å². The number of carbonyl (C=O) groups excluding carboxylic acids is 1. The van der Waals surface area contributed by atoms with Crippen LogP contribution in [0.5, 0.6) is 0 Å². The van der Waals surface area contributed by atoms with Gasteiger partial charge in [0, 0.05) is 12.3 Å². The first kappa shape index (κ1) is 31.5. The van der Waals surface area contributed by atoms with Gasteiger partial charge in [0.15, 0.2) is 12.0 Å². The van der Waals surface area contributed by atoms with Crippen molar-refractivity contribution in [3.63, 3.8) is 0 Å². The summed E-state index contributed by atoms with van der Waals surface area (Å²) in [5, 5.41) is 14.4. The predicted molar refractivity (Wildman–Crippen MR) is 170 cm³/mol. The third-order valence-electron chi connectivity index (χ3n) is 8.98. The van der Waals surface area contributed by atoms with E-state index in [1.807, 2.05) is 54.6 Å². The number of carboxylic acid groups (broad SMARTS) is 1. The molecule has 2 N–H and O–H groups in total. The number of nitrogens with zero attached hydrogens (tertiary/aromatic N) is 3. The molecule has 2 saturated heterocycles. The zero-order valence-electron chi connectivity index (χ0n) is 26.2. The van der Waals surface area contributed by atoms with E-state index in [4.69, 9.17) is 18.9 Å². The normalized spacial score (nSPS) is 22.8. The summed E-state index contributed by atoms with van der Waals surface area (Å²) in [6, 6.07) is 23.5. The lowest BCUT2D eigenvalue weighted by Gasteiger charge is -2.32. The Kier molecular flexibility index (Phi) is 8.19. The summed E-state index contributed by atoms with van der Waals surface area (Å²) in [4.78, 5) is 54.7. The summed E-state index contributed by atoms with van der Waals surface area (Å²) in [6.45, 7) is 3.10. The van der Waals surface area contributed by atoms with Gasteiger partial charge in [-0.25, -0.2) is 14.4 Å². The molecule has 0 unspecified atom stereocenters. The molecule has 0 spiro atoms. The smallest absolute Gasteiger partial charge is 0.410 e. The SMILES string of the molecule is CC1(C)O[C@@H]2[C@H](O1)[C@@H](CN(C(=O)OCC1c3ccccc3-c3ccccc31)[C@@H](Cc1ccccc1)C(=O)O)O[C@H]2n1ncc(=O)[nH]c1=O. The Morgan fingerprint density at radius 2 is 1.58 bits per heavy atom. The topological polar surface area (TPSA) is 162 Å². The number of H-pyrrole nitrogens is 1. The van der Waals surface area contributed by atoms with E-state index >= 15 is 0 Å². The predicted octanol–water partition coefficient (Wildman–Crippen LogP) is 3.30. The van der Waals surface area contributed by atoms with Gasteiger partial charge in [-0.1, -0.05) is 78.9 Å². The lowest BCUT2D eigenvalue weighted by Crippen LogP contribution is -2.52. The Bertz CT molecular complexity index is 1910. The number of carboxylic acids is 1. The number of hydrogen-bond donors (Lipinski definition) is 2. The molecule has 3 heterocycles. The molecule has 0 saturated carbocycles. The monoisotopic (exact) mass is 654 g/mol. The molecule has 0 bridgehead atoms. The van der Waals surface area contributed by atoms with Gasteiger partial charge in [0.05, 0.1) is 6.54 Å². The van der Waals surface area contributed by atoms with Crippen LogP contribution >= 0.6 is 0 Å². The van der Waals surface area contributed by atoms with E-state index in [1.54, 1.807) is 38.1 Å². The number of rotatable bonds is 9. The number of fused-ring (bicyclic) bond motifs is 4. The van der Waals surface area contributed by atoms with Crippen molar-refractivity contribution >= 4 is 12.1 Å². The first-order chi connectivity index (χ1) is 23.1. The molecule has 13 nitrogen and oxygen atoms in total. The molecule has 0 radical (unpaired) electrons. The molecule has 248 valence electrons. The average Bonchev–Trinajstić information content (AvgIpc) is 3.68. The molecule has 13 heteroatoms. The molecule has 1 aromatic heterocycles. The van der Waals surface area contributed by atoms with Crippen LogP contribution in [0.15, 0.2) is 94.6 Å². The van der Waals surface area contributed by atoms with E-state index in [2.05, 4.69) is 10.1 Å². The van der Waals surface area contributed by atoms with Crippen molar-refractivity contribution in [3.8, 4) is 11.1 Å². The van der Waals surface area contributed by atoms with Crippen LogP contribution in [0.2, 0.25) is 0 Å². The summed E-state index contributed by atoms with van der Waals surface area (Å²) < 4.78 is 25.4. The Labute approximate surface area is 274 Å². The highest BCUT2D eigenvalue weighted by Crippen LogP contribution is 2.45. The molecule has 1 aliphatic carbocycles. The van der Waals surface area contributed by atoms with Gasteiger partial charge in [0.2, 0.25) is 0 Å². The minimum atomic E-state index is -1.34. The molecule has 2 fully saturated rings. The zero-order valence-corrected chi connectivity index (χ0v) is 26.2. The van der Waals surface area contributed by atoms with Crippen molar-refractivity contribution in [1.82, 2.24) is 19.7 Å². The molecule has 48 heavy (non-hydrogen) atoms. The Morgan fingerprint density at radius 3 is 2.23 bits per heavy atom. The highest BCUT2D eigenvalue weighted by atomic mass is 16.8. The maximum absolute atomic E-state index is 14.1. The Morgan fingerprint density at radius 1 is 0.958 bits per heavy atom. The molecule has 7 rings (SSSR count). The summed E-state index contributed by atoms with van der Waals surface area (Å²) in [5.41, 5.74) is 3.34. The van der Waals surface area contributed by atoms with Gasteiger partial charge < -0.3 is 24.1 Å². The number of aliphatic carboxylic acids is 1. The largest absolute Gasteiger partial charge is 0.480 e. The molecule has 1 amide bonds. The fraction of sp³-hybridized carbons (Fsp3) is 0.343. The second-order valence-electron chi connectivity index (χ2n) is 12.5.